The Balaban J connectivity index is 2.12. The summed E-state index contributed by atoms with van der Waals surface area (Å²) in [4.78, 5) is 23.8. The number of carbonyl (C=O) groups is 2. The molecule has 0 bridgehead atoms. The van der Waals surface area contributed by atoms with Crippen LogP contribution in [0.25, 0.3) is 0 Å². The van der Waals surface area contributed by atoms with Crippen molar-refractivity contribution >= 4 is 12.0 Å². The maximum atomic E-state index is 11.8. The number of likely N-dealkylation sites (tertiary alicyclic amines) is 1. The number of hydrogen-bond acceptors (Lipinski definition) is 4. The van der Waals surface area contributed by atoms with E-state index in [0.29, 0.717) is 32.7 Å². The van der Waals surface area contributed by atoms with Gasteiger partial charge in [0.05, 0.1) is 19.3 Å². The summed E-state index contributed by atoms with van der Waals surface area (Å²) in [5.41, 5.74) is 0. The monoisotopic (exact) mass is 274 g/mol. The van der Waals surface area contributed by atoms with Gasteiger partial charge in [-0.1, -0.05) is 0 Å². The molecule has 0 atom stereocenters. The Morgan fingerprint density at radius 3 is 2.58 bits per heavy atom. The van der Waals surface area contributed by atoms with Crippen molar-refractivity contribution in [2.75, 3.05) is 32.8 Å². The van der Waals surface area contributed by atoms with E-state index in [-0.39, 0.29) is 25.2 Å². The van der Waals surface area contributed by atoms with Crippen molar-refractivity contribution < 1.29 is 24.5 Å². The Labute approximate surface area is 112 Å². The molecular weight excluding hydrogens is 252 g/mol. The van der Waals surface area contributed by atoms with Gasteiger partial charge in [0.2, 0.25) is 0 Å². The number of aliphatic carboxylic acids is 1. The van der Waals surface area contributed by atoms with Crippen LogP contribution in [0.15, 0.2) is 0 Å². The minimum absolute atomic E-state index is 0.0181. The molecule has 3 N–H and O–H groups in total. The van der Waals surface area contributed by atoms with Gasteiger partial charge in [-0.2, -0.15) is 0 Å². The third-order valence-electron chi connectivity index (χ3n) is 3.02. The molecule has 0 aromatic carbocycles. The van der Waals surface area contributed by atoms with E-state index in [1.54, 1.807) is 4.90 Å². The standard InChI is InChI=1S/C12H22N2O5/c15-8-9-19-10-3-6-14(7-4-10)12(18)13-5-1-2-11(16)17/h10,15H,1-9H2,(H,13,18)(H,16,17). The van der Waals surface area contributed by atoms with Gasteiger partial charge in [0, 0.05) is 26.1 Å². The van der Waals surface area contributed by atoms with Gasteiger partial charge in [0.25, 0.3) is 0 Å². The molecule has 1 fully saturated rings. The summed E-state index contributed by atoms with van der Waals surface area (Å²) in [6.07, 6.45) is 2.16. The van der Waals surface area contributed by atoms with E-state index >= 15 is 0 Å². The van der Waals surface area contributed by atoms with Crippen LogP contribution < -0.4 is 5.32 Å². The molecule has 0 radical (unpaired) electrons. The van der Waals surface area contributed by atoms with Crippen molar-refractivity contribution in [3.05, 3.63) is 0 Å². The maximum absolute atomic E-state index is 11.8. The molecule has 0 saturated carbocycles. The summed E-state index contributed by atoms with van der Waals surface area (Å²) >= 11 is 0. The molecule has 1 heterocycles. The van der Waals surface area contributed by atoms with Crippen molar-refractivity contribution in [1.29, 1.82) is 0 Å². The summed E-state index contributed by atoms with van der Waals surface area (Å²) < 4.78 is 5.41. The van der Waals surface area contributed by atoms with E-state index in [2.05, 4.69) is 5.32 Å². The molecule has 7 heteroatoms. The average molecular weight is 274 g/mol. The minimum atomic E-state index is -0.851. The van der Waals surface area contributed by atoms with Gasteiger partial charge in [0.1, 0.15) is 0 Å². The van der Waals surface area contributed by atoms with Crippen LogP contribution in [0.3, 0.4) is 0 Å². The first-order valence-corrected chi connectivity index (χ1v) is 6.60. The topological polar surface area (TPSA) is 99.1 Å². The van der Waals surface area contributed by atoms with Crippen LogP contribution in [0.5, 0.6) is 0 Å². The first kappa shape index (κ1) is 15.7. The Bertz CT molecular complexity index is 290. The summed E-state index contributed by atoms with van der Waals surface area (Å²) in [6.45, 7) is 1.99. The van der Waals surface area contributed by atoms with Crippen molar-refractivity contribution in [3.8, 4) is 0 Å². The maximum Gasteiger partial charge on any atom is 0.317 e. The highest BCUT2D eigenvalue weighted by molar-refractivity contribution is 5.74. The fourth-order valence-electron chi connectivity index (χ4n) is 1.99. The predicted octanol–water partition coefficient (Wildman–Crippen LogP) is 0.0341. The van der Waals surface area contributed by atoms with Crippen molar-refractivity contribution in [2.24, 2.45) is 0 Å². The molecule has 1 saturated heterocycles. The van der Waals surface area contributed by atoms with Crippen LogP contribution in [-0.2, 0) is 9.53 Å². The fourth-order valence-corrected chi connectivity index (χ4v) is 1.99. The molecule has 1 aliphatic heterocycles. The zero-order valence-electron chi connectivity index (χ0n) is 11.0. The molecule has 0 aromatic rings. The second kappa shape index (κ2) is 8.71. The van der Waals surface area contributed by atoms with Gasteiger partial charge in [-0.15, -0.1) is 0 Å². The number of piperidine rings is 1. The smallest absolute Gasteiger partial charge is 0.317 e. The molecule has 0 aliphatic carbocycles. The van der Waals surface area contributed by atoms with E-state index in [1.165, 1.54) is 0 Å². The SMILES string of the molecule is O=C(O)CCCNC(=O)N1CCC(OCCO)CC1. The first-order chi connectivity index (χ1) is 9.13. The molecule has 1 rings (SSSR count). The van der Waals surface area contributed by atoms with Crippen LogP contribution in [0.4, 0.5) is 4.79 Å². The van der Waals surface area contributed by atoms with E-state index in [4.69, 9.17) is 14.9 Å². The summed E-state index contributed by atoms with van der Waals surface area (Å²) in [5, 5.41) is 19.8. The number of urea groups is 1. The highest BCUT2D eigenvalue weighted by Crippen LogP contribution is 2.13. The normalized spacial score (nSPS) is 16.4. The third kappa shape index (κ3) is 6.40. The number of rotatable bonds is 7. The molecule has 0 unspecified atom stereocenters. The predicted molar refractivity (Wildman–Crippen MR) is 67.9 cm³/mol. The van der Waals surface area contributed by atoms with Crippen LogP contribution in [-0.4, -0.2) is 66.1 Å². The highest BCUT2D eigenvalue weighted by atomic mass is 16.5. The molecule has 110 valence electrons. The van der Waals surface area contributed by atoms with Crippen molar-refractivity contribution in [1.82, 2.24) is 10.2 Å². The quantitative estimate of drug-likeness (QED) is 0.569. The van der Waals surface area contributed by atoms with Gasteiger partial charge in [-0.3, -0.25) is 4.79 Å². The van der Waals surface area contributed by atoms with Gasteiger partial charge >= 0.3 is 12.0 Å². The number of carbonyl (C=O) groups excluding carboxylic acids is 1. The Morgan fingerprint density at radius 2 is 2.00 bits per heavy atom. The van der Waals surface area contributed by atoms with Crippen molar-refractivity contribution in [3.63, 3.8) is 0 Å². The average Bonchev–Trinajstić information content (AvgIpc) is 2.41. The van der Waals surface area contributed by atoms with Gasteiger partial charge in [-0.25, -0.2) is 4.79 Å². The molecule has 7 nitrogen and oxygen atoms in total. The second-order valence-electron chi connectivity index (χ2n) is 4.51. The van der Waals surface area contributed by atoms with E-state index in [0.717, 1.165) is 12.8 Å². The largest absolute Gasteiger partial charge is 0.481 e. The van der Waals surface area contributed by atoms with Crippen LogP contribution in [0, 0.1) is 0 Å². The molecule has 19 heavy (non-hydrogen) atoms. The molecule has 0 aromatic heterocycles. The lowest BCUT2D eigenvalue weighted by Crippen LogP contribution is -2.46. The second-order valence-corrected chi connectivity index (χ2v) is 4.51. The number of carboxylic acids is 1. The molecular formula is C12H22N2O5. The Morgan fingerprint density at radius 1 is 1.32 bits per heavy atom. The van der Waals surface area contributed by atoms with Crippen molar-refractivity contribution in [2.45, 2.75) is 31.8 Å². The Hall–Kier alpha value is -1.34. The zero-order chi connectivity index (χ0) is 14.1. The lowest BCUT2D eigenvalue weighted by molar-refractivity contribution is -0.137. The fraction of sp³-hybridized carbons (Fsp3) is 0.833. The number of nitrogens with zero attached hydrogens (tertiary/aromatic N) is 1. The number of ether oxygens (including phenoxy) is 1. The van der Waals surface area contributed by atoms with Gasteiger partial charge in [0.15, 0.2) is 0 Å². The third-order valence-corrected chi connectivity index (χ3v) is 3.02. The number of hydrogen-bond donors (Lipinski definition) is 3. The van der Waals surface area contributed by atoms with Crippen LogP contribution in [0.2, 0.25) is 0 Å². The molecule has 0 spiro atoms. The van der Waals surface area contributed by atoms with E-state index < -0.39 is 5.97 Å². The number of amides is 2. The highest BCUT2D eigenvalue weighted by Gasteiger charge is 2.22. The van der Waals surface area contributed by atoms with Crippen LogP contribution >= 0.6 is 0 Å². The summed E-state index contributed by atoms with van der Waals surface area (Å²) in [5.74, 6) is -0.851. The van der Waals surface area contributed by atoms with Gasteiger partial charge < -0.3 is 25.2 Å². The van der Waals surface area contributed by atoms with E-state index in [1.807, 2.05) is 0 Å². The summed E-state index contributed by atoms with van der Waals surface area (Å²) in [6, 6.07) is -0.147. The Kier molecular flexibility index (Phi) is 7.20. The number of nitrogens with one attached hydrogen (secondary N) is 1. The zero-order valence-corrected chi connectivity index (χ0v) is 11.0. The first-order valence-electron chi connectivity index (χ1n) is 6.60. The minimum Gasteiger partial charge on any atom is -0.481 e. The number of aliphatic hydroxyl groups is 1. The number of aliphatic hydroxyl groups excluding tert-OH is 1. The lowest BCUT2D eigenvalue weighted by Gasteiger charge is -2.31. The molecule has 2 amide bonds. The number of carboxylic acid groups (broad SMARTS) is 1. The van der Waals surface area contributed by atoms with Crippen LogP contribution in [0.1, 0.15) is 25.7 Å². The lowest BCUT2D eigenvalue weighted by atomic mass is 10.1. The molecule has 1 aliphatic rings. The van der Waals surface area contributed by atoms with Gasteiger partial charge in [-0.05, 0) is 19.3 Å². The summed E-state index contributed by atoms with van der Waals surface area (Å²) in [7, 11) is 0. The van der Waals surface area contributed by atoms with E-state index in [9.17, 15) is 9.59 Å².